The van der Waals surface area contributed by atoms with Crippen molar-refractivity contribution in [3.63, 3.8) is 0 Å². The largest absolute Gasteiger partial charge is 0.340 e. The van der Waals surface area contributed by atoms with Crippen LogP contribution in [0, 0.1) is 12.7 Å². The van der Waals surface area contributed by atoms with E-state index in [2.05, 4.69) is 21.4 Å². The number of hydrogen-bond donors (Lipinski definition) is 1. The molecule has 2 aromatic carbocycles. The molecule has 1 N–H and O–H groups in total. The Morgan fingerprint density at radius 1 is 1.11 bits per heavy atom. The number of halogens is 1. The average molecular weight is 362 g/mol. The number of aromatic nitrogens is 2. The van der Waals surface area contributed by atoms with Gasteiger partial charge in [0.2, 0.25) is 0 Å². The molecule has 3 aromatic rings. The molecule has 0 saturated carbocycles. The van der Waals surface area contributed by atoms with Gasteiger partial charge in [0.05, 0.1) is 0 Å². The van der Waals surface area contributed by atoms with Crippen molar-refractivity contribution in [3.05, 3.63) is 77.5 Å². The van der Waals surface area contributed by atoms with Gasteiger partial charge in [-0.2, -0.15) is 0 Å². The number of aryl methyl sites for hydroxylation is 2. The predicted molar refractivity (Wildman–Crippen MR) is 103 cm³/mol. The van der Waals surface area contributed by atoms with Gasteiger partial charge in [-0.3, -0.25) is 4.79 Å². The van der Waals surface area contributed by atoms with E-state index in [1.807, 2.05) is 18.2 Å². The molecule has 6 heteroatoms. The van der Waals surface area contributed by atoms with Crippen LogP contribution < -0.4 is 10.2 Å². The van der Waals surface area contributed by atoms with Crippen molar-refractivity contribution >= 4 is 23.1 Å². The maximum atomic E-state index is 13.1. The monoisotopic (exact) mass is 362 g/mol. The maximum Gasteiger partial charge on any atom is 0.277 e. The number of nitrogens with zero attached hydrogens (tertiary/aromatic N) is 3. The molecule has 0 saturated heterocycles. The summed E-state index contributed by atoms with van der Waals surface area (Å²) in [6, 6.07) is 15.6. The van der Waals surface area contributed by atoms with Gasteiger partial charge in [-0.05, 0) is 55.7 Å². The Bertz CT molecular complexity index is 988. The van der Waals surface area contributed by atoms with Crippen LogP contribution in [0.2, 0.25) is 0 Å². The Kier molecular flexibility index (Phi) is 4.54. The van der Waals surface area contributed by atoms with Gasteiger partial charge in [0.25, 0.3) is 5.91 Å². The summed E-state index contributed by atoms with van der Waals surface area (Å²) in [4.78, 5) is 23.6. The number of nitrogens with one attached hydrogen (secondary N) is 1. The number of rotatable bonds is 3. The molecular weight excluding hydrogens is 343 g/mol. The highest BCUT2D eigenvalue weighted by Gasteiger charge is 2.24. The van der Waals surface area contributed by atoms with Crippen LogP contribution in [0.15, 0.2) is 54.6 Å². The number of amides is 1. The lowest BCUT2D eigenvalue weighted by Gasteiger charge is -2.29. The van der Waals surface area contributed by atoms with Crippen molar-refractivity contribution in [2.75, 3.05) is 16.8 Å². The molecule has 1 aromatic heterocycles. The van der Waals surface area contributed by atoms with Crippen molar-refractivity contribution in [2.24, 2.45) is 0 Å². The van der Waals surface area contributed by atoms with Crippen molar-refractivity contribution in [2.45, 2.75) is 19.8 Å². The van der Waals surface area contributed by atoms with E-state index in [-0.39, 0.29) is 11.7 Å². The standard InChI is InChI=1S/C21H19FN4O/c1-14-23-18(13-20(24-14)25-17-10-8-16(22)9-11-17)21(27)26-12-4-6-15-5-2-3-7-19(15)26/h2-3,5,7-11,13H,4,6,12H2,1H3,(H,23,24,25). The summed E-state index contributed by atoms with van der Waals surface area (Å²) in [7, 11) is 0. The molecule has 0 radical (unpaired) electrons. The third-order valence-corrected chi connectivity index (χ3v) is 4.53. The number of carbonyl (C=O) groups is 1. The maximum absolute atomic E-state index is 13.1. The highest BCUT2D eigenvalue weighted by atomic mass is 19.1. The second-order valence-corrected chi connectivity index (χ2v) is 6.51. The molecule has 0 unspecified atom stereocenters. The summed E-state index contributed by atoms with van der Waals surface area (Å²) in [5, 5.41) is 3.10. The first-order valence-corrected chi connectivity index (χ1v) is 8.88. The van der Waals surface area contributed by atoms with Gasteiger partial charge in [0.1, 0.15) is 23.2 Å². The van der Waals surface area contributed by atoms with Gasteiger partial charge < -0.3 is 10.2 Å². The zero-order valence-corrected chi connectivity index (χ0v) is 14.9. The number of fused-ring (bicyclic) bond motifs is 1. The smallest absolute Gasteiger partial charge is 0.277 e. The minimum atomic E-state index is -0.306. The van der Waals surface area contributed by atoms with Gasteiger partial charge in [-0.1, -0.05) is 18.2 Å². The fourth-order valence-corrected chi connectivity index (χ4v) is 3.31. The molecule has 0 fully saturated rings. The first-order chi connectivity index (χ1) is 13.1. The predicted octanol–water partition coefficient (Wildman–Crippen LogP) is 4.26. The van der Waals surface area contributed by atoms with E-state index in [9.17, 15) is 9.18 Å². The second-order valence-electron chi connectivity index (χ2n) is 6.51. The molecule has 136 valence electrons. The van der Waals surface area contributed by atoms with Gasteiger partial charge in [-0.15, -0.1) is 0 Å². The van der Waals surface area contributed by atoms with Crippen molar-refractivity contribution in [3.8, 4) is 0 Å². The minimum Gasteiger partial charge on any atom is -0.340 e. The number of para-hydroxylation sites is 1. The Balaban J connectivity index is 1.63. The van der Waals surface area contributed by atoms with Crippen LogP contribution >= 0.6 is 0 Å². The molecule has 0 spiro atoms. The van der Waals surface area contributed by atoms with Gasteiger partial charge in [-0.25, -0.2) is 14.4 Å². The third kappa shape index (κ3) is 3.65. The molecule has 0 bridgehead atoms. The number of benzene rings is 2. The van der Waals surface area contributed by atoms with E-state index in [4.69, 9.17) is 0 Å². The van der Waals surface area contributed by atoms with Crippen LogP contribution in [0.25, 0.3) is 0 Å². The Morgan fingerprint density at radius 2 is 1.89 bits per heavy atom. The van der Waals surface area contributed by atoms with Gasteiger partial charge >= 0.3 is 0 Å². The molecule has 2 heterocycles. The van der Waals surface area contributed by atoms with E-state index in [1.165, 1.54) is 17.7 Å². The Hall–Kier alpha value is -3.28. The first-order valence-electron chi connectivity index (χ1n) is 8.88. The highest BCUT2D eigenvalue weighted by Crippen LogP contribution is 2.28. The van der Waals surface area contributed by atoms with E-state index < -0.39 is 0 Å². The number of hydrogen-bond acceptors (Lipinski definition) is 4. The minimum absolute atomic E-state index is 0.144. The zero-order valence-electron chi connectivity index (χ0n) is 14.9. The second kappa shape index (κ2) is 7.15. The fraction of sp³-hybridized carbons (Fsp3) is 0.190. The van der Waals surface area contributed by atoms with Gasteiger partial charge in [0.15, 0.2) is 0 Å². The Labute approximate surface area is 156 Å². The van der Waals surface area contributed by atoms with E-state index in [0.717, 1.165) is 18.5 Å². The normalized spacial score (nSPS) is 13.2. The summed E-state index contributed by atoms with van der Waals surface area (Å²) in [5.74, 6) is 0.548. The summed E-state index contributed by atoms with van der Waals surface area (Å²) in [6.45, 7) is 2.41. The van der Waals surface area contributed by atoms with Crippen molar-refractivity contribution in [1.29, 1.82) is 0 Å². The molecule has 4 rings (SSSR count). The van der Waals surface area contributed by atoms with Crippen LogP contribution in [0.4, 0.5) is 21.6 Å². The lowest BCUT2D eigenvalue weighted by Crippen LogP contribution is -2.36. The zero-order chi connectivity index (χ0) is 18.8. The number of anilines is 3. The van der Waals surface area contributed by atoms with E-state index >= 15 is 0 Å². The lowest BCUT2D eigenvalue weighted by molar-refractivity contribution is 0.0980. The molecule has 1 aliphatic rings. The van der Waals surface area contributed by atoms with Crippen LogP contribution in [0.5, 0.6) is 0 Å². The van der Waals surface area contributed by atoms with Crippen LogP contribution in [-0.2, 0) is 6.42 Å². The molecule has 1 aliphatic heterocycles. The highest BCUT2D eigenvalue weighted by molar-refractivity contribution is 6.05. The quantitative estimate of drug-likeness (QED) is 0.756. The molecule has 27 heavy (non-hydrogen) atoms. The lowest BCUT2D eigenvalue weighted by atomic mass is 10.0. The van der Waals surface area contributed by atoms with Gasteiger partial charge in [0, 0.05) is 24.0 Å². The summed E-state index contributed by atoms with van der Waals surface area (Å²) >= 11 is 0. The molecule has 5 nitrogen and oxygen atoms in total. The SMILES string of the molecule is Cc1nc(Nc2ccc(F)cc2)cc(C(=O)N2CCCc3ccccc32)n1. The van der Waals surface area contributed by atoms with Crippen molar-refractivity contribution < 1.29 is 9.18 Å². The topological polar surface area (TPSA) is 58.1 Å². The molecular formula is C21H19FN4O. The summed E-state index contributed by atoms with van der Waals surface area (Å²) in [6.07, 6.45) is 1.90. The fourth-order valence-electron chi connectivity index (χ4n) is 3.31. The van der Waals surface area contributed by atoms with Crippen LogP contribution in [-0.4, -0.2) is 22.4 Å². The number of carbonyl (C=O) groups excluding carboxylic acids is 1. The van der Waals surface area contributed by atoms with Crippen LogP contribution in [0.3, 0.4) is 0 Å². The molecule has 1 amide bonds. The van der Waals surface area contributed by atoms with Crippen molar-refractivity contribution in [1.82, 2.24) is 9.97 Å². The summed E-state index contributed by atoms with van der Waals surface area (Å²) < 4.78 is 13.1. The van der Waals surface area contributed by atoms with Crippen LogP contribution in [0.1, 0.15) is 28.3 Å². The average Bonchev–Trinajstić information content (AvgIpc) is 2.68. The van der Waals surface area contributed by atoms with E-state index in [0.29, 0.717) is 29.6 Å². The molecule has 0 aliphatic carbocycles. The molecule has 0 atom stereocenters. The Morgan fingerprint density at radius 3 is 2.70 bits per heavy atom. The first kappa shape index (κ1) is 17.1. The third-order valence-electron chi connectivity index (χ3n) is 4.53. The van der Waals surface area contributed by atoms with E-state index in [1.54, 1.807) is 30.0 Å². The summed E-state index contributed by atoms with van der Waals surface area (Å²) in [5.41, 5.74) is 3.14.